The standard InChI is InChI=1S/C25H36FN3O2/c1-18-16-28(17-19-6-4-3-5-7-19)12-13-29(18)11-10-24(30)25-21-14-20(31-2)8-9-23(21)27-15-22(25)26/h8-9,14-15,18-19,24,30H,3-7,10-13,16-17H2,1-2H3. The zero-order chi connectivity index (χ0) is 21.8. The molecule has 0 amide bonds. The van der Waals surface area contributed by atoms with E-state index in [9.17, 15) is 9.50 Å². The van der Waals surface area contributed by atoms with Gasteiger partial charge in [-0.15, -0.1) is 0 Å². The lowest BCUT2D eigenvalue weighted by Crippen LogP contribution is -2.53. The van der Waals surface area contributed by atoms with Crippen LogP contribution in [0.5, 0.6) is 5.75 Å². The van der Waals surface area contributed by atoms with Gasteiger partial charge in [-0.25, -0.2) is 4.39 Å². The van der Waals surface area contributed by atoms with Gasteiger partial charge in [0.05, 0.1) is 24.9 Å². The lowest BCUT2D eigenvalue weighted by atomic mass is 9.88. The zero-order valence-corrected chi connectivity index (χ0v) is 18.9. The van der Waals surface area contributed by atoms with Crippen LogP contribution in [0.4, 0.5) is 4.39 Å². The normalized spacial score (nSPS) is 22.6. The van der Waals surface area contributed by atoms with Gasteiger partial charge in [-0.3, -0.25) is 9.88 Å². The van der Waals surface area contributed by atoms with Crippen molar-refractivity contribution in [3.63, 3.8) is 0 Å². The molecule has 0 radical (unpaired) electrons. The van der Waals surface area contributed by atoms with Crippen LogP contribution in [0.3, 0.4) is 0 Å². The molecule has 2 aliphatic rings. The monoisotopic (exact) mass is 429 g/mol. The second kappa shape index (κ2) is 10.2. The van der Waals surface area contributed by atoms with Crippen molar-refractivity contribution in [2.24, 2.45) is 5.92 Å². The van der Waals surface area contributed by atoms with Crippen LogP contribution >= 0.6 is 0 Å². The molecule has 2 unspecified atom stereocenters. The minimum atomic E-state index is -0.870. The minimum absolute atomic E-state index is 0.326. The van der Waals surface area contributed by atoms with Crippen LogP contribution in [0.25, 0.3) is 10.9 Å². The molecular formula is C25H36FN3O2. The Morgan fingerprint density at radius 1 is 1.23 bits per heavy atom. The van der Waals surface area contributed by atoms with E-state index in [1.165, 1.54) is 44.8 Å². The summed E-state index contributed by atoms with van der Waals surface area (Å²) in [4.78, 5) is 9.21. The van der Waals surface area contributed by atoms with Crippen molar-refractivity contribution in [3.8, 4) is 5.75 Å². The summed E-state index contributed by atoms with van der Waals surface area (Å²) < 4.78 is 19.9. The number of aliphatic hydroxyl groups is 1. The Labute approximate surface area is 185 Å². The quantitative estimate of drug-likeness (QED) is 0.707. The molecule has 1 aromatic heterocycles. The van der Waals surface area contributed by atoms with E-state index in [-0.39, 0.29) is 0 Å². The van der Waals surface area contributed by atoms with Gasteiger partial charge in [0.15, 0.2) is 0 Å². The number of hydrogen-bond donors (Lipinski definition) is 1. The molecule has 0 bridgehead atoms. The van der Waals surface area contributed by atoms with Crippen molar-refractivity contribution in [1.29, 1.82) is 0 Å². The number of aliphatic hydroxyl groups excluding tert-OH is 1. The maximum atomic E-state index is 14.6. The van der Waals surface area contributed by atoms with E-state index in [0.29, 0.717) is 34.7 Å². The van der Waals surface area contributed by atoms with Crippen molar-refractivity contribution >= 4 is 10.9 Å². The number of hydrogen-bond acceptors (Lipinski definition) is 5. The molecule has 1 saturated heterocycles. The topological polar surface area (TPSA) is 48.8 Å². The smallest absolute Gasteiger partial charge is 0.147 e. The third-order valence-corrected chi connectivity index (χ3v) is 7.18. The number of pyridine rings is 1. The predicted octanol–water partition coefficient (Wildman–Crippen LogP) is 4.39. The van der Waals surface area contributed by atoms with Gasteiger partial charge in [0.2, 0.25) is 0 Å². The Morgan fingerprint density at radius 3 is 2.77 bits per heavy atom. The summed E-state index contributed by atoms with van der Waals surface area (Å²) in [5, 5.41) is 11.5. The largest absolute Gasteiger partial charge is 0.497 e. The van der Waals surface area contributed by atoms with Gasteiger partial charge >= 0.3 is 0 Å². The molecule has 31 heavy (non-hydrogen) atoms. The maximum Gasteiger partial charge on any atom is 0.147 e. The molecular weight excluding hydrogens is 393 g/mol. The first-order valence-corrected chi connectivity index (χ1v) is 11.8. The van der Waals surface area contributed by atoms with E-state index < -0.39 is 11.9 Å². The molecule has 2 aromatic rings. The number of ether oxygens (including phenoxy) is 1. The Kier molecular flexibility index (Phi) is 7.41. The summed E-state index contributed by atoms with van der Waals surface area (Å²) in [6.45, 7) is 7.43. The average Bonchev–Trinajstić information content (AvgIpc) is 2.78. The van der Waals surface area contributed by atoms with Gasteiger partial charge in [-0.1, -0.05) is 19.3 Å². The van der Waals surface area contributed by atoms with Crippen LogP contribution in [0.15, 0.2) is 24.4 Å². The molecule has 1 aliphatic heterocycles. The maximum absolute atomic E-state index is 14.6. The van der Waals surface area contributed by atoms with Crippen molar-refractivity contribution in [3.05, 3.63) is 35.8 Å². The second-order valence-electron chi connectivity index (χ2n) is 9.36. The molecule has 2 atom stereocenters. The Balaban J connectivity index is 1.36. The van der Waals surface area contributed by atoms with Crippen LogP contribution in [0.1, 0.15) is 57.1 Å². The molecule has 0 spiro atoms. The molecule has 170 valence electrons. The van der Waals surface area contributed by atoms with Gasteiger partial charge in [0.1, 0.15) is 11.6 Å². The highest BCUT2D eigenvalue weighted by molar-refractivity contribution is 5.84. The highest BCUT2D eigenvalue weighted by atomic mass is 19.1. The molecule has 1 N–H and O–H groups in total. The fourth-order valence-electron chi connectivity index (χ4n) is 5.37. The fourth-order valence-corrected chi connectivity index (χ4v) is 5.37. The first-order chi connectivity index (χ1) is 15.0. The fraction of sp³-hybridized carbons (Fsp3) is 0.640. The number of fused-ring (bicyclic) bond motifs is 1. The summed E-state index contributed by atoms with van der Waals surface area (Å²) in [5.41, 5.74) is 0.994. The van der Waals surface area contributed by atoms with E-state index in [1.807, 2.05) is 0 Å². The molecule has 5 nitrogen and oxygen atoms in total. The van der Waals surface area contributed by atoms with E-state index in [0.717, 1.165) is 32.1 Å². The highest BCUT2D eigenvalue weighted by Crippen LogP contribution is 2.31. The van der Waals surface area contributed by atoms with Gasteiger partial charge in [0.25, 0.3) is 0 Å². The minimum Gasteiger partial charge on any atom is -0.497 e. The molecule has 1 aliphatic carbocycles. The van der Waals surface area contributed by atoms with Crippen LogP contribution < -0.4 is 4.74 Å². The van der Waals surface area contributed by atoms with Crippen LogP contribution in [0.2, 0.25) is 0 Å². The Bertz CT molecular complexity index is 871. The lowest BCUT2D eigenvalue weighted by Gasteiger charge is -2.41. The zero-order valence-electron chi connectivity index (χ0n) is 18.9. The Morgan fingerprint density at radius 2 is 2.03 bits per heavy atom. The number of aromatic nitrogens is 1. The van der Waals surface area contributed by atoms with E-state index in [1.54, 1.807) is 25.3 Å². The summed E-state index contributed by atoms with van der Waals surface area (Å²) >= 11 is 0. The third kappa shape index (κ3) is 5.36. The summed E-state index contributed by atoms with van der Waals surface area (Å²) in [5.74, 6) is 1.05. The molecule has 2 heterocycles. The van der Waals surface area contributed by atoms with E-state index in [2.05, 4.69) is 21.7 Å². The van der Waals surface area contributed by atoms with Crippen LogP contribution in [0, 0.1) is 11.7 Å². The number of benzene rings is 1. The van der Waals surface area contributed by atoms with Crippen molar-refractivity contribution in [2.45, 2.75) is 57.6 Å². The van der Waals surface area contributed by atoms with Gasteiger partial charge in [-0.2, -0.15) is 0 Å². The number of piperazine rings is 1. The SMILES string of the molecule is COc1ccc2ncc(F)c(C(O)CCN3CCN(CC4CCCCC4)CC3C)c2c1. The number of methoxy groups -OCH3 is 1. The van der Waals surface area contributed by atoms with Gasteiger partial charge < -0.3 is 14.7 Å². The van der Waals surface area contributed by atoms with E-state index >= 15 is 0 Å². The average molecular weight is 430 g/mol. The van der Waals surface area contributed by atoms with Crippen molar-refractivity contribution in [2.75, 3.05) is 39.8 Å². The second-order valence-corrected chi connectivity index (χ2v) is 9.36. The predicted molar refractivity (Wildman–Crippen MR) is 122 cm³/mol. The van der Waals surface area contributed by atoms with Gasteiger partial charge in [-0.05, 0) is 50.3 Å². The van der Waals surface area contributed by atoms with Crippen molar-refractivity contribution < 1.29 is 14.2 Å². The van der Waals surface area contributed by atoms with Gasteiger partial charge in [0, 0.05) is 49.7 Å². The summed E-state index contributed by atoms with van der Waals surface area (Å²) in [7, 11) is 1.58. The summed E-state index contributed by atoms with van der Waals surface area (Å²) in [6.07, 6.45) is 7.80. The molecule has 6 heteroatoms. The van der Waals surface area contributed by atoms with Crippen molar-refractivity contribution in [1.82, 2.24) is 14.8 Å². The highest BCUT2D eigenvalue weighted by Gasteiger charge is 2.27. The molecule has 1 saturated carbocycles. The number of nitrogens with zero attached hydrogens (tertiary/aromatic N) is 3. The first kappa shape index (κ1) is 22.4. The molecule has 4 rings (SSSR count). The number of halogens is 1. The van der Waals surface area contributed by atoms with Crippen LogP contribution in [-0.2, 0) is 0 Å². The van der Waals surface area contributed by atoms with Crippen LogP contribution in [-0.4, -0.2) is 65.8 Å². The summed E-state index contributed by atoms with van der Waals surface area (Å²) in [6, 6.07) is 5.81. The third-order valence-electron chi connectivity index (χ3n) is 7.18. The molecule has 1 aromatic carbocycles. The molecule has 2 fully saturated rings. The lowest BCUT2D eigenvalue weighted by molar-refractivity contribution is 0.0543. The van der Waals surface area contributed by atoms with E-state index in [4.69, 9.17) is 4.74 Å². The first-order valence-electron chi connectivity index (χ1n) is 11.8. The number of rotatable bonds is 7. The Hall–Kier alpha value is -1.76.